The number of nitrogens with zero attached hydrogens (tertiary/aromatic N) is 2. The van der Waals surface area contributed by atoms with Gasteiger partial charge >= 0.3 is 0 Å². The standard InChI is InChI=1S/C23H23FN2O2/c24-21-10-9-19(20-13-25-12-11-18(20)21)23(28)26(14-16-5-2-1-3-6-16)22(15-27)17-7-4-8-17/h1-3,5-6,9-13,17,22,27H,4,7-8,14-15H2. The molecule has 1 amide bonds. The lowest BCUT2D eigenvalue weighted by atomic mass is 9.79. The lowest BCUT2D eigenvalue weighted by molar-refractivity contribution is 0.0315. The van der Waals surface area contributed by atoms with E-state index in [4.69, 9.17) is 0 Å². The van der Waals surface area contributed by atoms with E-state index in [2.05, 4.69) is 4.98 Å². The van der Waals surface area contributed by atoms with Gasteiger partial charge in [-0.3, -0.25) is 9.78 Å². The van der Waals surface area contributed by atoms with Crippen LogP contribution in [0.2, 0.25) is 0 Å². The SMILES string of the molecule is O=C(c1ccc(F)c2ccncc12)N(Cc1ccccc1)C(CO)C1CCC1. The van der Waals surface area contributed by atoms with E-state index in [1.54, 1.807) is 11.0 Å². The summed E-state index contributed by atoms with van der Waals surface area (Å²) in [4.78, 5) is 19.4. The van der Waals surface area contributed by atoms with Crippen molar-refractivity contribution in [3.05, 3.63) is 77.9 Å². The van der Waals surface area contributed by atoms with Gasteiger partial charge in [0.15, 0.2) is 0 Å². The molecular formula is C23H23FN2O2. The maximum absolute atomic E-state index is 14.2. The second kappa shape index (κ2) is 8.07. The molecule has 1 heterocycles. The van der Waals surface area contributed by atoms with Gasteiger partial charge in [0.2, 0.25) is 0 Å². The number of hydrogen-bond donors (Lipinski definition) is 1. The molecular weight excluding hydrogens is 355 g/mol. The lowest BCUT2D eigenvalue weighted by Crippen LogP contribution is -2.48. The van der Waals surface area contributed by atoms with Crippen LogP contribution in [0.25, 0.3) is 10.8 Å². The molecule has 1 aliphatic rings. The Morgan fingerprint density at radius 1 is 1.14 bits per heavy atom. The number of carbonyl (C=O) groups is 1. The molecule has 5 heteroatoms. The molecule has 1 aromatic heterocycles. The highest BCUT2D eigenvalue weighted by molar-refractivity contribution is 6.07. The van der Waals surface area contributed by atoms with E-state index in [-0.39, 0.29) is 24.4 Å². The highest BCUT2D eigenvalue weighted by atomic mass is 19.1. The molecule has 1 N–H and O–H groups in total. The average Bonchev–Trinajstić information content (AvgIpc) is 2.70. The van der Waals surface area contributed by atoms with Crippen LogP contribution >= 0.6 is 0 Å². The molecule has 1 fully saturated rings. The van der Waals surface area contributed by atoms with Gasteiger partial charge < -0.3 is 10.0 Å². The van der Waals surface area contributed by atoms with Crippen molar-refractivity contribution in [1.29, 1.82) is 0 Å². The van der Waals surface area contributed by atoms with Crippen LogP contribution in [0, 0.1) is 11.7 Å². The van der Waals surface area contributed by atoms with Gasteiger partial charge in [-0.15, -0.1) is 0 Å². The number of aromatic nitrogens is 1. The highest BCUT2D eigenvalue weighted by Crippen LogP contribution is 2.34. The normalized spacial score (nSPS) is 15.2. The van der Waals surface area contributed by atoms with Crippen molar-refractivity contribution in [2.45, 2.75) is 31.8 Å². The third-order valence-electron chi connectivity index (χ3n) is 5.73. The van der Waals surface area contributed by atoms with Crippen molar-refractivity contribution in [1.82, 2.24) is 9.88 Å². The Labute approximate surface area is 163 Å². The van der Waals surface area contributed by atoms with Crippen LogP contribution in [0.4, 0.5) is 4.39 Å². The lowest BCUT2D eigenvalue weighted by Gasteiger charge is -2.40. The predicted molar refractivity (Wildman–Crippen MR) is 106 cm³/mol. The maximum Gasteiger partial charge on any atom is 0.255 e. The zero-order chi connectivity index (χ0) is 19.5. The topological polar surface area (TPSA) is 53.4 Å². The third kappa shape index (κ3) is 3.50. The van der Waals surface area contributed by atoms with Crippen molar-refractivity contribution >= 4 is 16.7 Å². The minimum atomic E-state index is -0.374. The summed E-state index contributed by atoms with van der Waals surface area (Å²) in [5.41, 5.74) is 1.41. The van der Waals surface area contributed by atoms with Crippen LogP contribution in [0.1, 0.15) is 35.2 Å². The molecule has 4 nitrogen and oxygen atoms in total. The predicted octanol–water partition coefficient (Wildman–Crippen LogP) is 4.18. The summed E-state index contributed by atoms with van der Waals surface area (Å²) >= 11 is 0. The van der Waals surface area contributed by atoms with Gasteiger partial charge in [-0.05, 0) is 42.5 Å². The summed E-state index contributed by atoms with van der Waals surface area (Å²) in [5.74, 6) is -0.281. The second-order valence-corrected chi connectivity index (χ2v) is 7.38. The third-order valence-corrected chi connectivity index (χ3v) is 5.73. The summed E-state index contributed by atoms with van der Waals surface area (Å²) in [5, 5.41) is 11.0. The average molecular weight is 378 g/mol. The Morgan fingerprint density at radius 3 is 2.61 bits per heavy atom. The quantitative estimate of drug-likeness (QED) is 0.700. The molecule has 0 aliphatic heterocycles. The molecule has 1 saturated carbocycles. The molecule has 2 aromatic carbocycles. The molecule has 1 atom stereocenters. The van der Waals surface area contributed by atoms with Crippen molar-refractivity contribution in [3.8, 4) is 0 Å². The number of amides is 1. The molecule has 0 saturated heterocycles. The largest absolute Gasteiger partial charge is 0.394 e. The van der Waals surface area contributed by atoms with Crippen LogP contribution in [0.5, 0.6) is 0 Å². The number of rotatable bonds is 6. The van der Waals surface area contributed by atoms with Crippen LogP contribution in [-0.2, 0) is 6.54 Å². The zero-order valence-corrected chi connectivity index (χ0v) is 15.6. The van der Waals surface area contributed by atoms with E-state index < -0.39 is 0 Å². The van der Waals surface area contributed by atoms with Crippen LogP contribution in [0.3, 0.4) is 0 Å². The Bertz CT molecular complexity index is 973. The number of fused-ring (bicyclic) bond motifs is 1. The molecule has 0 spiro atoms. The van der Waals surface area contributed by atoms with E-state index in [0.717, 1.165) is 24.8 Å². The van der Waals surface area contributed by atoms with Crippen molar-refractivity contribution in [3.63, 3.8) is 0 Å². The minimum absolute atomic E-state index is 0.0827. The highest BCUT2D eigenvalue weighted by Gasteiger charge is 2.34. The molecule has 144 valence electrons. The summed E-state index contributed by atoms with van der Waals surface area (Å²) in [7, 11) is 0. The summed E-state index contributed by atoms with van der Waals surface area (Å²) in [6.45, 7) is 0.321. The van der Waals surface area contributed by atoms with Gasteiger partial charge in [0.1, 0.15) is 5.82 Å². The van der Waals surface area contributed by atoms with Gasteiger partial charge in [-0.1, -0.05) is 36.8 Å². The first-order chi connectivity index (χ1) is 13.7. The number of halogens is 1. The molecule has 0 bridgehead atoms. The van der Waals surface area contributed by atoms with Gasteiger partial charge in [-0.2, -0.15) is 0 Å². The monoisotopic (exact) mass is 378 g/mol. The number of carbonyl (C=O) groups excluding carboxylic acids is 1. The van der Waals surface area contributed by atoms with E-state index in [1.165, 1.54) is 24.5 Å². The van der Waals surface area contributed by atoms with E-state index in [0.29, 0.717) is 28.8 Å². The minimum Gasteiger partial charge on any atom is -0.394 e. The van der Waals surface area contributed by atoms with Crippen molar-refractivity contribution in [2.75, 3.05) is 6.61 Å². The first kappa shape index (κ1) is 18.6. The van der Waals surface area contributed by atoms with Crippen LogP contribution in [0.15, 0.2) is 60.9 Å². The van der Waals surface area contributed by atoms with E-state index in [9.17, 15) is 14.3 Å². The first-order valence-electron chi connectivity index (χ1n) is 9.67. The zero-order valence-electron chi connectivity index (χ0n) is 15.6. The molecule has 1 aliphatic carbocycles. The molecule has 3 aromatic rings. The van der Waals surface area contributed by atoms with E-state index >= 15 is 0 Å². The molecule has 4 rings (SSSR count). The Balaban J connectivity index is 1.75. The second-order valence-electron chi connectivity index (χ2n) is 7.38. The van der Waals surface area contributed by atoms with Gasteiger partial charge in [0, 0.05) is 35.3 Å². The summed E-state index contributed by atoms with van der Waals surface area (Å²) in [6, 6.07) is 13.9. The maximum atomic E-state index is 14.2. The Hall–Kier alpha value is -2.79. The number of aliphatic hydroxyl groups excluding tert-OH is 1. The van der Waals surface area contributed by atoms with Gasteiger partial charge in [0.05, 0.1) is 12.6 Å². The Morgan fingerprint density at radius 2 is 1.93 bits per heavy atom. The molecule has 1 unspecified atom stereocenters. The number of aliphatic hydroxyl groups is 1. The molecule has 0 radical (unpaired) electrons. The van der Waals surface area contributed by atoms with Gasteiger partial charge in [0.25, 0.3) is 5.91 Å². The fourth-order valence-corrected chi connectivity index (χ4v) is 3.94. The summed E-state index contributed by atoms with van der Waals surface area (Å²) in [6.07, 6.45) is 6.19. The molecule has 28 heavy (non-hydrogen) atoms. The van der Waals surface area contributed by atoms with E-state index in [1.807, 2.05) is 30.3 Å². The van der Waals surface area contributed by atoms with Gasteiger partial charge in [-0.25, -0.2) is 4.39 Å². The Kier molecular flexibility index (Phi) is 5.35. The first-order valence-corrected chi connectivity index (χ1v) is 9.67. The van der Waals surface area contributed by atoms with Crippen LogP contribution < -0.4 is 0 Å². The van der Waals surface area contributed by atoms with Crippen LogP contribution in [-0.4, -0.2) is 33.5 Å². The number of benzene rings is 2. The number of hydrogen-bond acceptors (Lipinski definition) is 3. The summed E-state index contributed by atoms with van der Waals surface area (Å²) < 4.78 is 14.2. The number of pyridine rings is 1. The van der Waals surface area contributed by atoms with Crippen molar-refractivity contribution < 1.29 is 14.3 Å². The fraction of sp³-hybridized carbons (Fsp3) is 0.304. The smallest absolute Gasteiger partial charge is 0.255 e. The van der Waals surface area contributed by atoms with Crippen molar-refractivity contribution in [2.24, 2.45) is 5.92 Å². The fourth-order valence-electron chi connectivity index (χ4n) is 3.94.